The molecular formula is C23H21ClFN3O2S. The van der Waals surface area contributed by atoms with Crippen LogP contribution >= 0.6 is 23.8 Å². The number of piperidine rings is 1. The minimum atomic E-state index is -0.620. The first-order chi connectivity index (χ1) is 14.8. The molecule has 2 aliphatic rings. The quantitative estimate of drug-likeness (QED) is 0.415. The van der Waals surface area contributed by atoms with Crippen molar-refractivity contribution in [2.75, 3.05) is 22.9 Å². The smallest absolute Gasteiger partial charge is 0.270 e. The van der Waals surface area contributed by atoms with Crippen molar-refractivity contribution < 1.29 is 14.0 Å². The zero-order chi connectivity index (χ0) is 22.1. The van der Waals surface area contributed by atoms with Crippen molar-refractivity contribution in [3.8, 4) is 0 Å². The molecule has 8 heteroatoms. The van der Waals surface area contributed by atoms with Gasteiger partial charge in [-0.05, 0) is 79.9 Å². The average Bonchev–Trinajstić information content (AvgIpc) is 2.74. The van der Waals surface area contributed by atoms with Gasteiger partial charge in [0.05, 0.1) is 11.4 Å². The Kier molecular flexibility index (Phi) is 6.07. The highest BCUT2D eigenvalue weighted by molar-refractivity contribution is 7.80. The summed E-state index contributed by atoms with van der Waals surface area (Å²) in [4.78, 5) is 28.8. The number of halogens is 2. The number of nitrogens with zero attached hydrogens (tertiary/aromatic N) is 2. The lowest BCUT2D eigenvalue weighted by molar-refractivity contribution is -0.122. The van der Waals surface area contributed by atoms with Crippen LogP contribution in [0, 0.1) is 12.7 Å². The number of rotatable bonds is 3. The second-order valence-corrected chi connectivity index (χ2v) is 8.44. The van der Waals surface area contributed by atoms with Crippen molar-refractivity contribution in [1.82, 2.24) is 5.32 Å². The summed E-state index contributed by atoms with van der Waals surface area (Å²) in [5.74, 6) is -1.59. The minimum absolute atomic E-state index is 0.0290. The number of hydrogen-bond donors (Lipinski definition) is 1. The van der Waals surface area contributed by atoms with Gasteiger partial charge in [0, 0.05) is 18.1 Å². The number of anilines is 2. The minimum Gasteiger partial charge on any atom is -0.369 e. The first kappa shape index (κ1) is 21.5. The predicted octanol–water partition coefficient (Wildman–Crippen LogP) is 4.61. The summed E-state index contributed by atoms with van der Waals surface area (Å²) < 4.78 is 14.8. The maximum Gasteiger partial charge on any atom is 0.270 e. The van der Waals surface area contributed by atoms with Crippen molar-refractivity contribution in [2.45, 2.75) is 26.2 Å². The number of aryl methyl sites for hydroxylation is 1. The van der Waals surface area contributed by atoms with Gasteiger partial charge in [-0.2, -0.15) is 0 Å². The van der Waals surface area contributed by atoms with Crippen LogP contribution in [-0.4, -0.2) is 30.0 Å². The van der Waals surface area contributed by atoms with Crippen molar-refractivity contribution in [3.63, 3.8) is 0 Å². The molecule has 0 aliphatic carbocycles. The van der Waals surface area contributed by atoms with Gasteiger partial charge in [0.25, 0.3) is 11.8 Å². The third-order valence-electron chi connectivity index (χ3n) is 5.49. The van der Waals surface area contributed by atoms with E-state index in [1.807, 2.05) is 11.8 Å². The highest BCUT2D eigenvalue weighted by atomic mass is 35.5. The van der Waals surface area contributed by atoms with E-state index < -0.39 is 11.8 Å². The summed E-state index contributed by atoms with van der Waals surface area (Å²) in [5.41, 5.74) is 2.13. The zero-order valence-electron chi connectivity index (χ0n) is 17.0. The lowest BCUT2D eigenvalue weighted by Crippen LogP contribution is -2.54. The molecule has 2 aromatic carbocycles. The van der Waals surface area contributed by atoms with E-state index in [1.54, 1.807) is 30.3 Å². The molecular weight excluding hydrogens is 437 g/mol. The summed E-state index contributed by atoms with van der Waals surface area (Å²) in [5, 5.41) is 2.97. The molecule has 2 aliphatic heterocycles. The van der Waals surface area contributed by atoms with E-state index in [4.69, 9.17) is 23.8 Å². The van der Waals surface area contributed by atoms with Crippen molar-refractivity contribution in [3.05, 3.63) is 63.9 Å². The highest BCUT2D eigenvalue weighted by Gasteiger charge is 2.34. The molecule has 0 atom stereocenters. The van der Waals surface area contributed by atoms with E-state index in [0.29, 0.717) is 22.0 Å². The molecule has 0 aromatic heterocycles. The number of carbonyl (C=O) groups is 2. The number of hydrogen-bond acceptors (Lipinski definition) is 4. The second kappa shape index (κ2) is 8.77. The van der Waals surface area contributed by atoms with Gasteiger partial charge in [-0.25, -0.2) is 4.39 Å². The Labute approximate surface area is 190 Å². The topological polar surface area (TPSA) is 52.7 Å². The van der Waals surface area contributed by atoms with Crippen molar-refractivity contribution in [1.29, 1.82) is 0 Å². The number of thiocarbonyl (C=S) groups is 1. The van der Waals surface area contributed by atoms with Crippen LogP contribution < -0.4 is 15.1 Å². The van der Waals surface area contributed by atoms with Crippen LogP contribution in [0.2, 0.25) is 5.02 Å². The molecule has 2 aromatic rings. The molecule has 4 rings (SSSR count). The lowest BCUT2D eigenvalue weighted by Gasteiger charge is -2.29. The number of nitrogens with one attached hydrogen (secondary N) is 1. The molecule has 0 unspecified atom stereocenters. The van der Waals surface area contributed by atoms with Crippen LogP contribution in [0.3, 0.4) is 0 Å². The average molecular weight is 458 g/mol. The summed E-state index contributed by atoms with van der Waals surface area (Å²) in [6.45, 7) is 3.49. The van der Waals surface area contributed by atoms with Crippen LogP contribution in [0.4, 0.5) is 15.8 Å². The monoisotopic (exact) mass is 457 g/mol. The molecule has 0 radical (unpaired) electrons. The number of benzene rings is 2. The normalized spacial score (nSPS) is 18.5. The van der Waals surface area contributed by atoms with Crippen LogP contribution in [0.15, 0.2) is 42.0 Å². The second-order valence-electron chi connectivity index (χ2n) is 7.65. The van der Waals surface area contributed by atoms with E-state index in [-0.39, 0.29) is 16.5 Å². The van der Waals surface area contributed by atoms with Gasteiger partial charge in [-0.1, -0.05) is 23.7 Å². The van der Waals surface area contributed by atoms with Gasteiger partial charge >= 0.3 is 0 Å². The summed E-state index contributed by atoms with van der Waals surface area (Å²) >= 11 is 11.4. The molecule has 2 amide bonds. The Morgan fingerprint density at radius 3 is 2.52 bits per heavy atom. The molecule has 5 nitrogen and oxygen atoms in total. The third kappa shape index (κ3) is 4.34. The van der Waals surface area contributed by atoms with Crippen LogP contribution in [0.5, 0.6) is 0 Å². The molecule has 2 saturated heterocycles. The van der Waals surface area contributed by atoms with Gasteiger partial charge in [-0.3, -0.25) is 19.8 Å². The number of carbonyl (C=O) groups excluding carboxylic acids is 2. The van der Waals surface area contributed by atoms with E-state index in [1.165, 1.54) is 17.0 Å². The standard InChI is InChI=1S/C23H21ClFN3O2S/c1-14-5-7-16(13-18(14)24)28-22(30)17(21(29)26-23(28)31)11-15-6-8-20(19(25)12-15)27-9-3-2-4-10-27/h5-8,11-13H,2-4,9-10H2,1H3,(H,26,29,31)/b17-11+. The first-order valence-electron chi connectivity index (χ1n) is 10.1. The van der Waals surface area contributed by atoms with Crippen molar-refractivity contribution >= 4 is 58.2 Å². The highest BCUT2D eigenvalue weighted by Crippen LogP contribution is 2.28. The van der Waals surface area contributed by atoms with E-state index in [9.17, 15) is 14.0 Å². The fourth-order valence-corrected chi connectivity index (χ4v) is 4.24. The van der Waals surface area contributed by atoms with E-state index in [2.05, 4.69) is 5.32 Å². The Morgan fingerprint density at radius 2 is 1.84 bits per heavy atom. The van der Waals surface area contributed by atoms with Crippen LogP contribution in [-0.2, 0) is 9.59 Å². The largest absolute Gasteiger partial charge is 0.369 e. The molecule has 0 spiro atoms. The van der Waals surface area contributed by atoms with Gasteiger partial charge in [0.1, 0.15) is 11.4 Å². The van der Waals surface area contributed by atoms with Gasteiger partial charge < -0.3 is 4.90 Å². The Hall–Kier alpha value is -2.77. The first-order valence-corrected chi connectivity index (χ1v) is 10.9. The number of amides is 2. The summed E-state index contributed by atoms with van der Waals surface area (Å²) in [7, 11) is 0. The van der Waals surface area contributed by atoms with Gasteiger partial charge in [-0.15, -0.1) is 0 Å². The Morgan fingerprint density at radius 1 is 1.10 bits per heavy atom. The van der Waals surface area contributed by atoms with Crippen LogP contribution in [0.25, 0.3) is 6.08 Å². The molecule has 2 fully saturated rings. The Balaban J connectivity index is 1.65. The predicted molar refractivity (Wildman–Crippen MR) is 125 cm³/mol. The fraction of sp³-hybridized carbons (Fsp3) is 0.261. The lowest BCUT2D eigenvalue weighted by atomic mass is 10.0. The molecule has 160 valence electrons. The van der Waals surface area contributed by atoms with Gasteiger partial charge in [0.2, 0.25) is 0 Å². The summed E-state index contributed by atoms with van der Waals surface area (Å²) in [6, 6.07) is 9.83. The van der Waals surface area contributed by atoms with Gasteiger partial charge in [0.15, 0.2) is 5.11 Å². The Bertz CT molecular complexity index is 1110. The molecule has 2 heterocycles. The fourth-order valence-electron chi connectivity index (χ4n) is 3.78. The summed E-state index contributed by atoms with van der Waals surface area (Å²) in [6.07, 6.45) is 4.62. The molecule has 1 N–H and O–H groups in total. The van der Waals surface area contributed by atoms with Crippen molar-refractivity contribution in [2.24, 2.45) is 0 Å². The molecule has 0 saturated carbocycles. The maximum absolute atomic E-state index is 14.8. The van der Waals surface area contributed by atoms with E-state index in [0.717, 1.165) is 37.9 Å². The molecule has 0 bridgehead atoms. The molecule has 31 heavy (non-hydrogen) atoms. The van der Waals surface area contributed by atoms with Crippen LogP contribution in [0.1, 0.15) is 30.4 Å². The van der Waals surface area contributed by atoms with E-state index >= 15 is 0 Å². The zero-order valence-corrected chi connectivity index (χ0v) is 18.5. The maximum atomic E-state index is 14.8. The third-order valence-corrected chi connectivity index (χ3v) is 6.19. The SMILES string of the molecule is Cc1ccc(N2C(=O)/C(=C/c3ccc(N4CCCCC4)c(F)c3)C(=O)NC2=S)cc1Cl.